The van der Waals surface area contributed by atoms with E-state index in [4.69, 9.17) is 9.47 Å². The van der Waals surface area contributed by atoms with Crippen molar-refractivity contribution in [2.45, 2.75) is 26.3 Å². The van der Waals surface area contributed by atoms with E-state index < -0.39 is 23.4 Å². The zero-order valence-electron chi connectivity index (χ0n) is 17.1. The van der Waals surface area contributed by atoms with Crippen molar-refractivity contribution in [1.29, 1.82) is 0 Å². The van der Waals surface area contributed by atoms with E-state index >= 15 is 0 Å². The van der Waals surface area contributed by atoms with Crippen LogP contribution >= 0.6 is 0 Å². The minimum Gasteiger partial charge on any atom is -0.486 e. The van der Waals surface area contributed by atoms with Crippen molar-refractivity contribution in [3.05, 3.63) is 53.1 Å². The van der Waals surface area contributed by atoms with Crippen molar-refractivity contribution >= 4 is 23.5 Å². The second kappa shape index (κ2) is 7.37. The van der Waals surface area contributed by atoms with Gasteiger partial charge in [0.15, 0.2) is 11.5 Å². The second-order valence-electron chi connectivity index (χ2n) is 7.67. The number of nitrogens with one attached hydrogen (secondary N) is 2. The van der Waals surface area contributed by atoms with E-state index in [2.05, 4.69) is 10.6 Å². The van der Waals surface area contributed by atoms with Crippen molar-refractivity contribution in [1.82, 2.24) is 10.2 Å². The molecule has 4 rings (SSSR count). The Hall–Kier alpha value is -3.55. The smallest absolute Gasteiger partial charge is 0.325 e. The molecule has 2 aromatic rings. The molecular formula is C22H23N3O5. The molecule has 1 fully saturated rings. The van der Waals surface area contributed by atoms with Gasteiger partial charge in [-0.1, -0.05) is 23.8 Å². The fraction of sp³-hybridized carbons (Fsp3) is 0.318. The molecular weight excluding hydrogens is 386 g/mol. The molecule has 0 aromatic heterocycles. The van der Waals surface area contributed by atoms with E-state index in [1.54, 1.807) is 31.2 Å². The molecule has 8 heteroatoms. The molecule has 30 heavy (non-hydrogen) atoms. The van der Waals surface area contributed by atoms with Crippen molar-refractivity contribution in [2.24, 2.45) is 0 Å². The van der Waals surface area contributed by atoms with E-state index in [1.807, 2.05) is 26.0 Å². The largest absolute Gasteiger partial charge is 0.486 e. The van der Waals surface area contributed by atoms with Gasteiger partial charge in [-0.15, -0.1) is 0 Å². The molecule has 2 N–H and O–H groups in total. The predicted molar refractivity (Wildman–Crippen MR) is 110 cm³/mol. The molecule has 0 saturated carbocycles. The first-order chi connectivity index (χ1) is 14.3. The average Bonchev–Trinajstić information content (AvgIpc) is 2.94. The number of anilines is 1. The van der Waals surface area contributed by atoms with E-state index in [1.165, 1.54) is 0 Å². The molecule has 2 aromatic carbocycles. The summed E-state index contributed by atoms with van der Waals surface area (Å²) in [6.07, 6.45) is 0. The summed E-state index contributed by atoms with van der Waals surface area (Å²) < 4.78 is 11.1. The summed E-state index contributed by atoms with van der Waals surface area (Å²) in [6.45, 7) is 5.96. The molecule has 8 nitrogen and oxygen atoms in total. The number of carbonyl (C=O) groups excluding carboxylic acids is 3. The Labute approximate surface area is 174 Å². The van der Waals surface area contributed by atoms with E-state index in [0.29, 0.717) is 36.0 Å². The van der Waals surface area contributed by atoms with Crippen molar-refractivity contribution < 1.29 is 23.9 Å². The number of amides is 4. The summed E-state index contributed by atoms with van der Waals surface area (Å²) in [5, 5.41) is 5.47. The number of hydrogen-bond donors (Lipinski definition) is 2. The van der Waals surface area contributed by atoms with Gasteiger partial charge in [-0.2, -0.15) is 0 Å². The summed E-state index contributed by atoms with van der Waals surface area (Å²) in [5.41, 5.74) is 1.89. The lowest BCUT2D eigenvalue weighted by Gasteiger charge is -2.25. The number of aryl methyl sites for hydroxylation is 2. The number of hydrogen-bond acceptors (Lipinski definition) is 5. The maximum Gasteiger partial charge on any atom is 0.325 e. The van der Waals surface area contributed by atoms with Gasteiger partial charge in [0.25, 0.3) is 5.91 Å². The quantitative estimate of drug-likeness (QED) is 0.757. The fourth-order valence-electron chi connectivity index (χ4n) is 3.68. The third-order valence-electron chi connectivity index (χ3n) is 5.35. The van der Waals surface area contributed by atoms with E-state index in [-0.39, 0.29) is 6.54 Å². The number of nitrogens with zero attached hydrogens (tertiary/aromatic N) is 1. The highest BCUT2D eigenvalue weighted by molar-refractivity contribution is 6.10. The molecule has 1 atom stereocenters. The zero-order chi connectivity index (χ0) is 21.5. The number of rotatable bonds is 4. The second-order valence-corrected chi connectivity index (χ2v) is 7.67. The first-order valence-electron chi connectivity index (χ1n) is 9.69. The van der Waals surface area contributed by atoms with Gasteiger partial charge in [0.2, 0.25) is 5.91 Å². The normalized spacial score (nSPS) is 20.2. The standard InChI is InChI=1S/C22H23N3O5/c1-13-4-6-16(14(2)10-13)23-19(26)12-25-20(27)22(3,24-21(25)28)15-5-7-17-18(11-15)30-9-8-29-17/h4-7,10-11H,8-9,12H2,1-3H3,(H,23,26)(H,24,28)/t22-/m1/s1. The van der Waals surface area contributed by atoms with Gasteiger partial charge in [-0.25, -0.2) is 4.79 Å². The Morgan fingerprint density at radius 2 is 1.83 bits per heavy atom. The SMILES string of the molecule is Cc1ccc(NC(=O)CN2C(=O)N[C@](C)(c3ccc4c(c3)OCCO4)C2=O)c(C)c1. The highest BCUT2D eigenvalue weighted by Gasteiger charge is 2.49. The van der Waals surface area contributed by atoms with Gasteiger partial charge in [0.1, 0.15) is 25.3 Å². The summed E-state index contributed by atoms with van der Waals surface area (Å²) in [5.74, 6) is 0.167. The van der Waals surface area contributed by atoms with E-state index in [9.17, 15) is 14.4 Å². The molecule has 0 aliphatic carbocycles. The van der Waals surface area contributed by atoms with Crippen molar-refractivity contribution in [3.63, 3.8) is 0 Å². The third kappa shape index (κ3) is 3.45. The number of ether oxygens (including phenoxy) is 2. The molecule has 0 spiro atoms. The van der Waals surface area contributed by atoms with Gasteiger partial charge in [-0.3, -0.25) is 14.5 Å². The Morgan fingerprint density at radius 3 is 2.57 bits per heavy atom. The van der Waals surface area contributed by atoms with E-state index in [0.717, 1.165) is 16.0 Å². The maximum absolute atomic E-state index is 13.1. The van der Waals surface area contributed by atoms with Crippen LogP contribution < -0.4 is 20.1 Å². The third-order valence-corrected chi connectivity index (χ3v) is 5.35. The molecule has 2 aliphatic rings. The Kier molecular flexibility index (Phi) is 4.85. The number of carbonyl (C=O) groups is 3. The van der Waals surface area contributed by atoms with Gasteiger partial charge >= 0.3 is 6.03 Å². The summed E-state index contributed by atoms with van der Waals surface area (Å²) in [4.78, 5) is 39.1. The predicted octanol–water partition coefficient (Wildman–Crippen LogP) is 2.48. The number of imide groups is 1. The Bertz CT molecular complexity index is 1050. The van der Waals surface area contributed by atoms with Crippen LogP contribution in [-0.4, -0.2) is 42.5 Å². The van der Waals surface area contributed by atoms with Crippen LogP contribution in [0, 0.1) is 13.8 Å². The van der Waals surface area contributed by atoms with Crippen LogP contribution in [0.3, 0.4) is 0 Å². The topological polar surface area (TPSA) is 97.0 Å². The lowest BCUT2D eigenvalue weighted by atomic mass is 9.91. The molecule has 0 radical (unpaired) electrons. The van der Waals surface area contributed by atoms with Crippen LogP contribution in [0.5, 0.6) is 11.5 Å². The van der Waals surface area contributed by atoms with Gasteiger partial charge < -0.3 is 20.1 Å². The minimum absolute atomic E-state index is 0.377. The van der Waals surface area contributed by atoms with Crippen LogP contribution in [0.25, 0.3) is 0 Å². The molecule has 2 heterocycles. The first kappa shape index (κ1) is 19.8. The molecule has 156 valence electrons. The highest BCUT2D eigenvalue weighted by Crippen LogP contribution is 2.36. The molecule has 4 amide bonds. The number of urea groups is 1. The highest BCUT2D eigenvalue weighted by atomic mass is 16.6. The molecule has 1 saturated heterocycles. The Morgan fingerprint density at radius 1 is 1.10 bits per heavy atom. The van der Waals surface area contributed by atoms with Crippen LogP contribution in [0.15, 0.2) is 36.4 Å². The number of benzene rings is 2. The van der Waals surface area contributed by atoms with Crippen LogP contribution in [0.4, 0.5) is 10.5 Å². The monoisotopic (exact) mass is 409 g/mol. The summed E-state index contributed by atoms with van der Waals surface area (Å²) in [7, 11) is 0. The van der Waals surface area contributed by atoms with Crippen LogP contribution in [0.2, 0.25) is 0 Å². The lowest BCUT2D eigenvalue weighted by Crippen LogP contribution is -2.42. The minimum atomic E-state index is -1.30. The van der Waals surface area contributed by atoms with Crippen molar-refractivity contribution in [2.75, 3.05) is 25.1 Å². The lowest BCUT2D eigenvalue weighted by molar-refractivity contribution is -0.133. The maximum atomic E-state index is 13.1. The fourth-order valence-corrected chi connectivity index (χ4v) is 3.68. The summed E-state index contributed by atoms with van der Waals surface area (Å²) >= 11 is 0. The van der Waals surface area contributed by atoms with Gasteiger partial charge in [0, 0.05) is 5.69 Å². The van der Waals surface area contributed by atoms with Crippen LogP contribution in [0.1, 0.15) is 23.6 Å². The first-order valence-corrected chi connectivity index (χ1v) is 9.69. The Balaban J connectivity index is 1.51. The van der Waals surface area contributed by atoms with Crippen molar-refractivity contribution in [3.8, 4) is 11.5 Å². The van der Waals surface area contributed by atoms with Gasteiger partial charge in [0.05, 0.1) is 0 Å². The average molecular weight is 409 g/mol. The van der Waals surface area contributed by atoms with Gasteiger partial charge in [-0.05, 0) is 50.1 Å². The molecule has 2 aliphatic heterocycles. The molecule has 0 unspecified atom stereocenters. The zero-order valence-corrected chi connectivity index (χ0v) is 17.1. The van der Waals surface area contributed by atoms with Crippen LogP contribution in [-0.2, 0) is 15.1 Å². The number of fused-ring (bicyclic) bond motifs is 1. The molecule has 0 bridgehead atoms. The summed E-state index contributed by atoms with van der Waals surface area (Å²) in [6, 6.07) is 10.1.